The normalized spacial score (nSPS) is 12.0. The monoisotopic (exact) mass is 754 g/mol. The number of imidazole rings is 1. The fourth-order valence-corrected chi connectivity index (χ4v) is 8.08. The van der Waals surface area contributed by atoms with Crippen LogP contribution in [0, 0.1) is 0 Å². The summed E-state index contributed by atoms with van der Waals surface area (Å²) in [5, 5.41) is 23.5. The van der Waals surface area contributed by atoms with Crippen molar-refractivity contribution in [1.29, 1.82) is 0 Å². The number of benzene rings is 7. The molecule has 1 N–H and O–H groups in total. The molecule has 0 aliphatic heterocycles. The number of fused-ring (bicyclic) bond motifs is 2. The summed E-state index contributed by atoms with van der Waals surface area (Å²) in [7, 11) is 0. The van der Waals surface area contributed by atoms with Crippen LogP contribution in [0.3, 0.4) is 0 Å². The SMILES string of the molecule is CC(C)(C)c1cc(-c2nc3c(-c4cc(-c5ccccc5)cc(-c5cccnn5)c4)cccc3n2-c2c(-c3ccccc3)ccc3ccccc23)c(O)c(C(C)(C)C)c1. The molecule has 5 nitrogen and oxygen atoms in total. The average molecular weight is 755 g/mol. The lowest BCUT2D eigenvalue weighted by Gasteiger charge is -2.28. The Hall–Kier alpha value is -6.85. The standard InChI is InChI=1S/C53H46N4O/c1-52(2,3)40-32-44(50(58)45(33-40)53(4,5)6)51-55-48-41(38-29-37(34-17-9-7-10-18-34)30-39(31-38)46-24-16-28-54-56-46)23-15-25-47(48)57(51)49-42-22-14-13-21-36(42)26-27-43(49)35-19-11-8-12-20-35/h7-33,58H,1-6H3. The summed E-state index contributed by atoms with van der Waals surface area (Å²) >= 11 is 0. The van der Waals surface area contributed by atoms with Gasteiger partial charge in [-0.2, -0.15) is 10.2 Å². The molecule has 9 rings (SSSR count). The number of nitrogens with zero attached hydrogens (tertiary/aromatic N) is 4. The van der Waals surface area contributed by atoms with Gasteiger partial charge in [-0.15, -0.1) is 0 Å². The Morgan fingerprint density at radius 1 is 0.517 bits per heavy atom. The van der Waals surface area contributed by atoms with Gasteiger partial charge < -0.3 is 5.11 Å². The maximum atomic E-state index is 12.5. The van der Waals surface area contributed by atoms with Crippen molar-refractivity contribution in [2.75, 3.05) is 0 Å². The summed E-state index contributed by atoms with van der Waals surface area (Å²) in [6.07, 6.45) is 1.70. The van der Waals surface area contributed by atoms with Crippen molar-refractivity contribution >= 4 is 21.8 Å². The lowest BCUT2D eigenvalue weighted by molar-refractivity contribution is 0.446. The number of aromatic nitrogens is 4. The maximum absolute atomic E-state index is 12.5. The first-order valence-corrected chi connectivity index (χ1v) is 19.9. The van der Waals surface area contributed by atoms with Gasteiger partial charge in [0.1, 0.15) is 11.6 Å². The lowest BCUT2D eigenvalue weighted by Crippen LogP contribution is -2.17. The molecule has 0 radical (unpaired) electrons. The lowest BCUT2D eigenvalue weighted by atomic mass is 9.79. The van der Waals surface area contributed by atoms with Crippen LogP contribution in [0.1, 0.15) is 52.7 Å². The summed E-state index contributed by atoms with van der Waals surface area (Å²) in [6.45, 7) is 13.2. The zero-order valence-corrected chi connectivity index (χ0v) is 33.8. The highest BCUT2D eigenvalue weighted by molar-refractivity contribution is 6.03. The molecule has 2 heterocycles. The van der Waals surface area contributed by atoms with E-state index in [0.717, 1.165) is 83.3 Å². The highest BCUT2D eigenvalue weighted by Gasteiger charge is 2.29. The number of para-hydroxylation sites is 1. The Morgan fingerprint density at radius 3 is 1.91 bits per heavy atom. The summed E-state index contributed by atoms with van der Waals surface area (Å²) in [4.78, 5) is 5.66. The van der Waals surface area contributed by atoms with E-state index in [4.69, 9.17) is 4.98 Å². The van der Waals surface area contributed by atoms with E-state index in [1.54, 1.807) is 6.20 Å². The number of phenols is 1. The second kappa shape index (κ2) is 14.3. The molecule has 0 aliphatic rings. The van der Waals surface area contributed by atoms with E-state index < -0.39 is 0 Å². The van der Waals surface area contributed by atoms with Crippen LogP contribution in [0.4, 0.5) is 0 Å². The Bertz CT molecular complexity index is 2900. The molecule has 284 valence electrons. The second-order valence-corrected chi connectivity index (χ2v) is 17.2. The third-order valence-corrected chi connectivity index (χ3v) is 11.1. The molecule has 2 aromatic heterocycles. The second-order valence-electron chi connectivity index (χ2n) is 17.2. The van der Waals surface area contributed by atoms with Gasteiger partial charge in [0.05, 0.1) is 28.0 Å². The van der Waals surface area contributed by atoms with Crippen molar-refractivity contribution in [2.24, 2.45) is 0 Å². The zero-order valence-electron chi connectivity index (χ0n) is 33.8. The fourth-order valence-electron chi connectivity index (χ4n) is 8.08. The van der Waals surface area contributed by atoms with Gasteiger partial charge in [-0.25, -0.2) is 4.98 Å². The van der Waals surface area contributed by atoms with Gasteiger partial charge in [-0.1, -0.05) is 157 Å². The van der Waals surface area contributed by atoms with Crippen molar-refractivity contribution in [3.63, 3.8) is 0 Å². The van der Waals surface area contributed by atoms with Crippen LogP contribution in [-0.4, -0.2) is 24.9 Å². The molecule has 0 spiro atoms. The number of rotatable bonds is 6. The minimum atomic E-state index is -0.328. The topological polar surface area (TPSA) is 63.8 Å². The van der Waals surface area contributed by atoms with Crippen LogP contribution in [-0.2, 0) is 10.8 Å². The third kappa shape index (κ3) is 6.62. The minimum Gasteiger partial charge on any atom is -0.507 e. The molecule has 0 saturated heterocycles. The highest BCUT2D eigenvalue weighted by atomic mass is 16.3. The van der Waals surface area contributed by atoms with Gasteiger partial charge >= 0.3 is 0 Å². The quantitative estimate of drug-likeness (QED) is 0.184. The fraction of sp³-hybridized carbons (Fsp3) is 0.151. The first-order valence-electron chi connectivity index (χ1n) is 19.9. The molecule has 0 saturated carbocycles. The van der Waals surface area contributed by atoms with Gasteiger partial charge in [0.15, 0.2) is 0 Å². The number of hydrogen-bond acceptors (Lipinski definition) is 4. The Balaban J connectivity index is 1.43. The predicted octanol–water partition coefficient (Wildman–Crippen LogP) is 13.6. The summed E-state index contributed by atoms with van der Waals surface area (Å²) < 4.78 is 2.29. The maximum Gasteiger partial charge on any atom is 0.149 e. The van der Waals surface area contributed by atoms with Gasteiger partial charge in [0.2, 0.25) is 0 Å². The zero-order chi connectivity index (χ0) is 40.2. The first kappa shape index (κ1) is 36.8. The average Bonchev–Trinajstić information content (AvgIpc) is 3.62. The minimum absolute atomic E-state index is 0.187. The molecule has 58 heavy (non-hydrogen) atoms. The molecule has 0 atom stereocenters. The summed E-state index contributed by atoms with van der Waals surface area (Å²) in [6, 6.07) is 55.2. The Morgan fingerprint density at radius 2 is 1.21 bits per heavy atom. The van der Waals surface area contributed by atoms with Crippen molar-refractivity contribution in [1.82, 2.24) is 19.7 Å². The van der Waals surface area contributed by atoms with E-state index in [2.05, 4.69) is 196 Å². The van der Waals surface area contributed by atoms with Crippen LogP contribution in [0.2, 0.25) is 0 Å². The molecule has 0 fully saturated rings. The van der Waals surface area contributed by atoms with Crippen LogP contribution >= 0.6 is 0 Å². The molecular formula is C53H46N4O. The van der Waals surface area contributed by atoms with Gasteiger partial charge in [-0.3, -0.25) is 4.57 Å². The van der Waals surface area contributed by atoms with E-state index in [1.165, 1.54) is 0 Å². The van der Waals surface area contributed by atoms with Gasteiger partial charge in [0.25, 0.3) is 0 Å². The Kier molecular flexibility index (Phi) is 9.04. The van der Waals surface area contributed by atoms with Crippen molar-refractivity contribution in [2.45, 2.75) is 52.4 Å². The van der Waals surface area contributed by atoms with Crippen LogP contribution in [0.5, 0.6) is 5.75 Å². The Labute approximate surface area is 340 Å². The van der Waals surface area contributed by atoms with Crippen LogP contribution in [0.25, 0.3) is 83.5 Å². The molecular weight excluding hydrogens is 709 g/mol. The van der Waals surface area contributed by atoms with E-state index in [0.29, 0.717) is 11.4 Å². The van der Waals surface area contributed by atoms with Crippen LogP contribution < -0.4 is 0 Å². The molecule has 0 unspecified atom stereocenters. The molecule has 5 heteroatoms. The smallest absolute Gasteiger partial charge is 0.149 e. The molecule has 7 aromatic carbocycles. The largest absolute Gasteiger partial charge is 0.507 e. The van der Waals surface area contributed by atoms with Crippen molar-refractivity contribution in [3.05, 3.63) is 175 Å². The van der Waals surface area contributed by atoms with E-state index >= 15 is 0 Å². The van der Waals surface area contributed by atoms with Gasteiger partial charge in [0, 0.05) is 33.8 Å². The molecule has 0 bridgehead atoms. The highest BCUT2D eigenvalue weighted by Crippen LogP contribution is 2.46. The van der Waals surface area contributed by atoms with Crippen molar-refractivity contribution < 1.29 is 5.11 Å². The van der Waals surface area contributed by atoms with Gasteiger partial charge in [-0.05, 0) is 86.5 Å². The third-order valence-electron chi connectivity index (χ3n) is 11.1. The predicted molar refractivity (Wildman–Crippen MR) is 240 cm³/mol. The van der Waals surface area contributed by atoms with Crippen LogP contribution in [0.15, 0.2) is 164 Å². The summed E-state index contributed by atoms with van der Waals surface area (Å²) in [5.41, 5.74) is 13.1. The summed E-state index contributed by atoms with van der Waals surface area (Å²) in [5.74, 6) is 0.926. The number of aromatic hydroxyl groups is 1. The number of phenolic OH excluding ortho intramolecular Hbond substituents is 1. The molecule has 9 aromatic rings. The van der Waals surface area contributed by atoms with E-state index in [-0.39, 0.29) is 16.6 Å². The van der Waals surface area contributed by atoms with Crippen molar-refractivity contribution in [3.8, 4) is 67.5 Å². The molecule has 0 aliphatic carbocycles. The van der Waals surface area contributed by atoms with E-state index in [1.807, 2.05) is 18.2 Å². The number of hydrogen-bond donors (Lipinski definition) is 1. The molecule has 0 amide bonds. The first-order chi connectivity index (χ1) is 28.0. The van der Waals surface area contributed by atoms with E-state index in [9.17, 15) is 5.11 Å².